The third kappa shape index (κ3) is 1.95. The molecule has 2 heterocycles. The number of nitrogens with zero attached hydrogens (tertiary/aromatic N) is 1. The maximum absolute atomic E-state index is 5.66. The minimum Gasteiger partial charge on any atom is -0.340 e. The predicted molar refractivity (Wildman–Crippen MR) is 59.2 cm³/mol. The summed E-state index contributed by atoms with van der Waals surface area (Å²) in [7, 11) is 0. The van der Waals surface area contributed by atoms with Crippen LogP contribution in [0.15, 0.2) is 22.1 Å². The number of halogens is 2. The third-order valence-electron chi connectivity index (χ3n) is 1.57. The van der Waals surface area contributed by atoms with E-state index in [0.717, 1.165) is 20.9 Å². The number of aromatic nitrogens is 2. The van der Waals surface area contributed by atoms with Crippen molar-refractivity contribution >= 4 is 38.9 Å². The summed E-state index contributed by atoms with van der Waals surface area (Å²) in [6.07, 6.45) is 1.76. The molecular weight excluding hydrogens is 272 g/mol. The average Bonchev–Trinajstić information content (AvgIpc) is 2.71. The normalized spacial score (nSPS) is 10.6. The Kier molecular flexibility index (Phi) is 2.71. The average molecular weight is 278 g/mol. The first-order valence-corrected chi connectivity index (χ1v) is 5.84. The number of hydrogen-bond donors (Lipinski definition) is 1. The summed E-state index contributed by atoms with van der Waals surface area (Å²) in [5, 5.41) is 2.03. The minimum absolute atomic E-state index is 0.472. The van der Waals surface area contributed by atoms with Gasteiger partial charge in [0.05, 0.1) is 10.8 Å². The van der Waals surface area contributed by atoms with Gasteiger partial charge in [-0.3, -0.25) is 0 Å². The Bertz CT molecular complexity index is 410. The van der Waals surface area contributed by atoms with Crippen LogP contribution in [-0.2, 0) is 5.88 Å². The van der Waals surface area contributed by atoms with Gasteiger partial charge in [-0.1, -0.05) is 0 Å². The zero-order chi connectivity index (χ0) is 9.26. The molecule has 2 nitrogen and oxygen atoms in total. The summed E-state index contributed by atoms with van der Waals surface area (Å²) < 4.78 is 1.08. The van der Waals surface area contributed by atoms with Crippen LogP contribution in [0.25, 0.3) is 10.7 Å². The first kappa shape index (κ1) is 9.24. The van der Waals surface area contributed by atoms with Crippen LogP contribution in [-0.4, -0.2) is 9.97 Å². The van der Waals surface area contributed by atoms with Crippen molar-refractivity contribution in [2.75, 3.05) is 0 Å². The Morgan fingerprint density at radius 1 is 1.62 bits per heavy atom. The number of thiophene rings is 1. The second-order valence-corrected chi connectivity index (χ2v) is 4.61. The van der Waals surface area contributed by atoms with Crippen molar-refractivity contribution in [3.63, 3.8) is 0 Å². The minimum atomic E-state index is 0.472. The van der Waals surface area contributed by atoms with Gasteiger partial charge in [0, 0.05) is 21.7 Å². The number of nitrogens with one attached hydrogen (secondary N) is 1. The summed E-state index contributed by atoms with van der Waals surface area (Å²) in [5.74, 6) is 1.35. The Morgan fingerprint density at radius 3 is 3.00 bits per heavy atom. The number of H-pyrrole nitrogens is 1. The molecule has 2 aromatic rings. The lowest BCUT2D eigenvalue weighted by atomic mass is 10.4. The summed E-state index contributed by atoms with van der Waals surface area (Å²) in [6, 6.07) is 2.03. The highest BCUT2D eigenvalue weighted by Gasteiger charge is 2.04. The Balaban J connectivity index is 2.35. The molecule has 0 aromatic carbocycles. The molecule has 68 valence electrons. The molecule has 0 amide bonds. The first-order valence-electron chi connectivity index (χ1n) is 3.64. The van der Waals surface area contributed by atoms with Crippen LogP contribution in [0.5, 0.6) is 0 Å². The Hall–Kier alpha value is -0.320. The zero-order valence-corrected chi connectivity index (χ0v) is 9.71. The molecule has 13 heavy (non-hydrogen) atoms. The van der Waals surface area contributed by atoms with E-state index in [-0.39, 0.29) is 0 Å². The number of aromatic amines is 1. The van der Waals surface area contributed by atoms with Gasteiger partial charge < -0.3 is 4.98 Å². The third-order valence-corrected chi connectivity index (χ3v) is 3.56. The highest BCUT2D eigenvalue weighted by Crippen LogP contribution is 2.27. The summed E-state index contributed by atoms with van der Waals surface area (Å²) >= 11 is 10.7. The van der Waals surface area contributed by atoms with Crippen molar-refractivity contribution in [3.05, 3.63) is 27.8 Å². The van der Waals surface area contributed by atoms with Gasteiger partial charge >= 0.3 is 0 Å². The van der Waals surface area contributed by atoms with Crippen molar-refractivity contribution in [1.29, 1.82) is 0 Å². The van der Waals surface area contributed by atoms with Crippen LogP contribution in [0.3, 0.4) is 0 Å². The topological polar surface area (TPSA) is 28.7 Å². The van der Waals surface area contributed by atoms with Gasteiger partial charge in [0.1, 0.15) is 5.82 Å². The molecule has 0 aliphatic rings. The molecule has 0 spiro atoms. The van der Waals surface area contributed by atoms with Crippen LogP contribution in [0, 0.1) is 0 Å². The molecule has 0 aliphatic heterocycles. The summed E-state index contributed by atoms with van der Waals surface area (Å²) in [5.41, 5.74) is 0.946. The van der Waals surface area contributed by atoms with E-state index in [9.17, 15) is 0 Å². The molecule has 2 rings (SSSR count). The molecule has 0 saturated heterocycles. The van der Waals surface area contributed by atoms with Crippen LogP contribution < -0.4 is 0 Å². The molecule has 0 saturated carbocycles. The molecule has 0 atom stereocenters. The molecule has 0 unspecified atom stereocenters. The van der Waals surface area contributed by atoms with E-state index in [0.29, 0.717) is 5.88 Å². The molecular formula is C8H6BrClN2S. The second-order valence-electron chi connectivity index (χ2n) is 2.52. The molecule has 0 bridgehead atoms. The number of hydrogen-bond acceptors (Lipinski definition) is 2. The van der Waals surface area contributed by atoms with E-state index in [4.69, 9.17) is 11.6 Å². The number of alkyl halides is 1. The lowest BCUT2D eigenvalue weighted by Gasteiger charge is -1.88. The highest BCUT2D eigenvalue weighted by atomic mass is 79.9. The Labute approximate surface area is 93.1 Å². The van der Waals surface area contributed by atoms with Crippen molar-refractivity contribution in [2.45, 2.75) is 5.88 Å². The van der Waals surface area contributed by atoms with Crippen LogP contribution >= 0.6 is 38.9 Å². The quantitative estimate of drug-likeness (QED) is 0.834. The van der Waals surface area contributed by atoms with Crippen LogP contribution in [0.4, 0.5) is 0 Å². The van der Waals surface area contributed by atoms with Crippen molar-refractivity contribution in [1.82, 2.24) is 9.97 Å². The van der Waals surface area contributed by atoms with Crippen LogP contribution in [0.2, 0.25) is 0 Å². The van der Waals surface area contributed by atoms with E-state index >= 15 is 0 Å². The fourth-order valence-electron chi connectivity index (χ4n) is 0.989. The fourth-order valence-corrected chi connectivity index (χ4v) is 2.50. The smallest absolute Gasteiger partial charge is 0.147 e. The van der Waals surface area contributed by atoms with E-state index in [1.54, 1.807) is 17.5 Å². The van der Waals surface area contributed by atoms with Gasteiger partial charge in [-0.25, -0.2) is 4.98 Å². The van der Waals surface area contributed by atoms with Crippen molar-refractivity contribution in [3.8, 4) is 10.7 Å². The van der Waals surface area contributed by atoms with Crippen molar-refractivity contribution in [2.24, 2.45) is 0 Å². The standard InChI is InChI=1S/C8H6BrClN2S/c9-5-1-7(13-4-5)8-11-3-6(2-10)12-8/h1,3-4H,2H2,(H,11,12). The van der Waals surface area contributed by atoms with Gasteiger partial charge in [0.2, 0.25) is 0 Å². The SMILES string of the molecule is ClCc1cnc(-c2cc(Br)cs2)[nH]1. The molecule has 0 aliphatic carbocycles. The maximum atomic E-state index is 5.66. The molecule has 0 radical (unpaired) electrons. The van der Waals surface area contributed by atoms with E-state index in [1.165, 1.54) is 0 Å². The van der Waals surface area contributed by atoms with E-state index in [1.807, 2.05) is 11.4 Å². The summed E-state index contributed by atoms with van der Waals surface area (Å²) in [4.78, 5) is 8.47. The lowest BCUT2D eigenvalue weighted by molar-refractivity contribution is 1.23. The summed E-state index contributed by atoms with van der Waals surface area (Å²) in [6.45, 7) is 0. The van der Waals surface area contributed by atoms with Gasteiger partial charge in [-0.15, -0.1) is 22.9 Å². The van der Waals surface area contributed by atoms with Gasteiger partial charge in [-0.2, -0.15) is 0 Å². The van der Waals surface area contributed by atoms with Gasteiger partial charge in [0.25, 0.3) is 0 Å². The first-order chi connectivity index (χ1) is 6.29. The monoisotopic (exact) mass is 276 g/mol. The number of rotatable bonds is 2. The largest absolute Gasteiger partial charge is 0.340 e. The molecule has 1 N–H and O–H groups in total. The van der Waals surface area contributed by atoms with Gasteiger partial charge in [-0.05, 0) is 22.0 Å². The molecule has 5 heteroatoms. The maximum Gasteiger partial charge on any atom is 0.147 e. The van der Waals surface area contributed by atoms with Gasteiger partial charge in [0.15, 0.2) is 0 Å². The van der Waals surface area contributed by atoms with Crippen LogP contribution in [0.1, 0.15) is 5.69 Å². The zero-order valence-electron chi connectivity index (χ0n) is 6.55. The Morgan fingerprint density at radius 2 is 2.46 bits per heavy atom. The fraction of sp³-hybridized carbons (Fsp3) is 0.125. The van der Waals surface area contributed by atoms with E-state index < -0.39 is 0 Å². The highest BCUT2D eigenvalue weighted by molar-refractivity contribution is 9.10. The lowest BCUT2D eigenvalue weighted by Crippen LogP contribution is -1.76. The molecule has 0 fully saturated rings. The second kappa shape index (κ2) is 3.82. The number of imidazole rings is 1. The predicted octanol–water partition coefficient (Wildman–Crippen LogP) is 3.64. The van der Waals surface area contributed by atoms with Crippen molar-refractivity contribution < 1.29 is 0 Å². The van der Waals surface area contributed by atoms with E-state index in [2.05, 4.69) is 25.9 Å². The molecule has 2 aromatic heterocycles.